The molecule has 0 saturated carbocycles. The second kappa shape index (κ2) is 6.71. The van der Waals surface area contributed by atoms with Gasteiger partial charge in [0, 0.05) is 38.6 Å². The SMILES string of the molecule is CCc1cnc(N2CC[C@@]3(CCN(Cc4cccc(C)c4)C3=O)C2)nc1. The molecule has 2 aromatic rings. The van der Waals surface area contributed by atoms with E-state index in [1.54, 1.807) is 0 Å². The van der Waals surface area contributed by atoms with Gasteiger partial charge in [-0.05, 0) is 37.3 Å². The van der Waals surface area contributed by atoms with E-state index >= 15 is 0 Å². The van der Waals surface area contributed by atoms with Gasteiger partial charge in [0.15, 0.2) is 0 Å². The number of aromatic nitrogens is 2. The molecule has 2 fully saturated rings. The van der Waals surface area contributed by atoms with Gasteiger partial charge in [0.2, 0.25) is 11.9 Å². The van der Waals surface area contributed by atoms with Crippen LogP contribution in [-0.4, -0.2) is 40.4 Å². The number of amides is 1. The Bertz CT molecular complexity index is 804. The molecule has 1 spiro atoms. The molecule has 0 unspecified atom stereocenters. The smallest absolute Gasteiger partial charge is 0.231 e. The number of rotatable bonds is 4. The number of carbonyl (C=O) groups is 1. The molecule has 2 aliphatic rings. The second-order valence-electron chi connectivity index (χ2n) is 7.66. The first kappa shape index (κ1) is 17.0. The number of likely N-dealkylation sites (tertiary alicyclic amines) is 1. The van der Waals surface area contributed by atoms with Crippen LogP contribution in [-0.2, 0) is 17.8 Å². The predicted octanol–water partition coefficient (Wildman–Crippen LogP) is 2.98. The van der Waals surface area contributed by atoms with Gasteiger partial charge in [-0.2, -0.15) is 0 Å². The Hall–Kier alpha value is -2.43. The Morgan fingerprint density at radius 1 is 1.12 bits per heavy atom. The topological polar surface area (TPSA) is 49.3 Å². The zero-order valence-electron chi connectivity index (χ0n) is 15.6. The summed E-state index contributed by atoms with van der Waals surface area (Å²) in [6.07, 6.45) is 6.56. The Labute approximate surface area is 155 Å². The molecule has 136 valence electrons. The third-order valence-electron chi connectivity index (χ3n) is 5.79. The molecule has 1 aromatic heterocycles. The summed E-state index contributed by atoms with van der Waals surface area (Å²) in [5.74, 6) is 1.05. The molecule has 5 nitrogen and oxygen atoms in total. The summed E-state index contributed by atoms with van der Waals surface area (Å²) >= 11 is 0. The molecular formula is C21H26N4O. The molecule has 0 N–H and O–H groups in total. The highest BCUT2D eigenvalue weighted by Crippen LogP contribution is 2.42. The maximum Gasteiger partial charge on any atom is 0.231 e. The van der Waals surface area contributed by atoms with Gasteiger partial charge in [0.25, 0.3) is 0 Å². The highest BCUT2D eigenvalue weighted by atomic mass is 16.2. The van der Waals surface area contributed by atoms with E-state index < -0.39 is 0 Å². The van der Waals surface area contributed by atoms with Crippen molar-refractivity contribution in [2.24, 2.45) is 5.41 Å². The Morgan fingerprint density at radius 3 is 2.62 bits per heavy atom. The van der Waals surface area contributed by atoms with Crippen molar-refractivity contribution in [2.45, 2.75) is 39.7 Å². The molecule has 1 atom stereocenters. The fraction of sp³-hybridized carbons (Fsp3) is 0.476. The summed E-state index contributed by atoms with van der Waals surface area (Å²) in [4.78, 5) is 26.4. The van der Waals surface area contributed by atoms with E-state index in [1.807, 2.05) is 17.3 Å². The van der Waals surface area contributed by atoms with Gasteiger partial charge in [-0.25, -0.2) is 9.97 Å². The van der Waals surface area contributed by atoms with Crippen molar-refractivity contribution in [3.05, 3.63) is 53.3 Å². The number of hydrogen-bond donors (Lipinski definition) is 0. The van der Waals surface area contributed by atoms with Crippen LogP contribution < -0.4 is 4.90 Å². The van der Waals surface area contributed by atoms with Gasteiger partial charge in [-0.3, -0.25) is 4.79 Å². The van der Waals surface area contributed by atoms with Crippen LogP contribution >= 0.6 is 0 Å². The van der Waals surface area contributed by atoms with Crippen molar-refractivity contribution in [3.8, 4) is 0 Å². The predicted molar refractivity (Wildman–Crippen MR) is 102 cm³/mol. The van der Waals surface area contributed by atoms with E-state index in [0.29, 0.717) is 12.5 Å². The zero-order chi connectivity index (χ0) is 18.1. The van der Waals surface area contributed by atoms with Crippen molar-refractivity contribution in [3.63, 3.8) is 0 Å². The minimum absolute atomic E-state index is 0.253. The molecule has 26 heavy (non-hydrogen) atoms. The lowest BCUT2D eigenvalue weighted by Gasteiger charge is -2.24. The number of benzene rings is 1. The van der Waals surface area contributed by atoms with Gasteiger partial charge < -0.3 is 9.80 Å². The summed E-state index contributed by atoms with van der Waals surface area (Å²) in [7, 11) is 0. The quantitative estimate of drug-likeness (QED) is 0.851. The molecule has 1 amide bonds. The lowest BCUT2D eigenvalue weighted by Crippen LogP contribution is -2.37. The van der Waals surface area contributed by atoms with E-state index in [9.17, 15) is 4.79 Å². The van der Waals surface area contributed by atoms with Crippen molar-refractivity contribution in [1.82, 2.24) is 14.9 Å². The van der Waals surface area contributed by atoms with Crippen molar-refractivity contribution in [1.29, 1.82) is 0 Å². The van der Waals surface area contributed by atoms with E-state index in [1.165, 1.54) is 11.1 Å². The normalized spacial score (nSPS) is 22.6. The van der Waals surface area contributed by atoms with Crippen LogP contribution in [0.1, 0.15) is 36.5 Å². The van der Waals surface area contributed by atoms with Crippen LogP contribution in [0.25, 0.3) is 0 Å². The number of hydrogen-bond acceptors (Lipinski definition) is 4. The van der Waals surface area contributed by atoms with Crippen LogP contribution in [0.4, 0.5) is 5.95 Å². The summed E-state index contributed by atoms with van der Waals surface area (Å²) in [5.41, 5.74) is 3.34. The van der Waals surface area contributed by atoms with Gasteiger partial charge in [0.1, 0.15) is 0 Å². The van der Waals surface area contributed by atoms with E-state index in [0.717, 1.165) is 50.4 Å². The Morgan fingerprint density at radius 2 is 1.88 bits per heavy atom. The van der Waals surface area contributed by atoms with Crippen LogP contribution in [0.2, 0.25) is 0 Å². The van der Waals surface area contributed by atoms with Gasteiger partial charge in [0.05, 0.1) is 5.41 Å². The number of aryl methyl sites for hydroxylation is 2. The fourth-order valence-corrected chi connectivity index (χ4v) is 4.19. The Kier molecular flexibility index (Phi) is 4.39. The van der Waals surface area contributed by atoms with E-state index in [4.69, 9.17) is 0 Å². The van der Waals surface area contributed by atoms with Crippen molar-refractivity contribution >= 4 is 11.9 Å². The second-order valence-corrected chi connectivity index (χ2v) is 7.66. The van der Waals surface area contributed by atoms with Crippen molar-refractivity contribution < 1.29 is 4.79 Å². The number of nitrogens with zero attached hydrogens (tertiary/aromatic N) is 4. The minimum atomic E-state index is -0.253. The number of carbonyl (C=O) groups excluding carboxylic acids is 1. The van der Waals surface area contributed by atoms with Crippen LogP contribution in [0.15, 0.2) is 36.7 Å². The standard InChI is InChI=1S/C21H26N4O/c1-3-17-12-22-20(23-13-17)25-10-8-21(15-25)7-9-24(19(21)26)14-18-6-4-5-16(2)11-18/h4-6,11-13H,3,7-10,14-15H2,1-2H3/t21-/m0/s1. The summed E-state index contributed by atoms with van der Waals surface area (Å²) < 4.78 is 0. The summed E-state index contributed by atoms with van der Waals surface area (Å²) in [6, 6.07) is 8.43. The minimum Gasteiger partial charge on any atom is -0.340 e. The monoisotopic (exact) mass is 350 g/mol. The molecule has 2 aliphatic heterocycles. The largest absolute Gasteiger partial charge is 0.340 e. The molecule has 0 aliphatic carbocycles. The average Bonchev–Trinajstić information content (AvgIpc) is 3.22. The first-order valence-electron chi connectivity index (χ1n) is 9.50. The zero-order valence-corrected chi connectivity index (χ0v) is 15.6. The molecule has 1 aromatic carbocycles. The molecule has 0 bridgehead atoms. The molecule has 3 heterocycles. The summed E-state index contributed by atoms with van der Waals surface area (Å²) in [6.45, 7) is 7.34. The fourth-order valence-electron chi connectivity index (χ4n) is 4.19. The Balaban J connectivity index is 1.45. The van der Waals surface area contributed by atoms with Crippen LogP contribution in [0.5, 0.6) is 0 Å². The highest BCUT2D eigenvalue weighted by Gasteiger charge is 2.51. The van der Waals surface area contributed by atoms with Crippen LogP contribution in [0.3, 0.4) is 0 Å². The maximum absolute atomic E-state index is 13.2. The average molecular weight is 350 g/mol. The summed E-state index contributed by atoms with van der Waals surface area (Å²) in [5, 5.41) is 0. The molecular weight excluding hydrogens is 324 g/mol. The van der Waals surface area contributed by atoms with Gasteiger partial charge in [-0.1, -0.05) is 36.8 Å². The van der Waals surface area contributed by atoms with E-state index in [-0.39, 0.29) is 5.41 Å². The third kappa shape index (κ3) is 3.06. The molecule has 5 heteroatoms. The van der Waals surface area contributed by atoms with Crippen LogP contribution in [0, 0.1) is 12.3 Å². The lowest BCUT2D eigenvalue weighted by atomic mass is 9.85. The first-order chi connectivity index (χ1) is 12.6. The molecule has 4 rings (SSSR count). The van der Waals surface area contributed by atoms with Gasteiger partial charge in [-0.15, -0.1) is 0 Å². The van der Waals surface area contributed by atoms with Crippen molar-refractivity contribution in [2.75, 3.05) is 24.5 Å². The maximum atomic E-state index is 13.2. The molecule has 2 saturated heterocycles. The van der Waals surface area contributed by atoms with Gasteiger partial charge >= 0.3 is 0 Å². The number of anilines is 1. The molecule has 0 radical (unpaired) electrons. The third-order valence-corrected chi connectivity index (χ3v) is 5.79. The lowest BCUT2D eigenvalue weighted by molar-refractivity contribution is -0.135. The highest BCUT2D eigenvalue weighted by molar-refractivity contribution is 5.86. The first-order valence-corrected chi connectivity index (χ1v) is 9.50. The van der Waals surface area contributed by atoms with E-state index in [2.05, 4.69) is 53.0 Å².